The number of halogens is 2. The molecule has 10 nitrogen and oxygen atoms in total. The molecule has 12 heteroatoms. The number of hydrogen-bond donors (Lipinski definition) is 2. The molecule has 0 radical (unpaired) electrons. The summed E-state index contributed by atoms with van der Waals surface area (Å²) in [6, 6.07) is 6.98. The highest BCUT2D eigenvalue weighted by Crippen LogP contribution is 2.34. The van der Waals surface area contributed by atoms with Gasteiger partial charge in [0.1, 0.15) is 18.3 Å². The Labute approximate surface area is 186 Å². The van der Waals surface area contributed by atoms with E-state index in [9.17, 15) is 18.7 Å². The zero-order chi connectivity index (χ0) is 23.2. The first-order valence-electron chi connectivity index (χ1n) is 10.2. The van der Waals surface area contributed by atoms with Crippen LogP contribution >= 0.6 is 0 Å². The Morgan fingerprint density at radius 2 is 1.94 bits per heavy atom. The van der Waals surface area contributed by atoms with E-state index < -0.39 is 30.1 Å². The van der Waals surface area contributed by atoms with Crippen molar-refractivity contribution in [2.75, 3.05) is 32.1 Å². The number of anilines is 1. The van der Waals surface area contributed by atoms with Gasteiger partial charge in [0.05, 0.1) is 23.7 Å². The smallest absolute Gasteiger partial charge is 0.292 e. The third-order valence-electron chi connectivity index (χ3n) is 5.75. The molecule has 5 heterocycles. The van der Waals surface area contributed by atoms with Crippen LogP contribution in [0.3, 0.4) is 0 Å². The van der Waals surface area contributed by atoms with Crippen LogP contribution in [0.25, 0.3) is 22.8 Å². The molecule has 2 N–H and O–H groups in total. The van der Waals surface area contributed by atoms with Gasteiger partial charge in [-0.1, -0.05) is 11.2 Å². The topological polar surface area (TPSA) is 126 Å². The van der Waals surface area contributed by atoms with Gasteiger partial charge in [-0.25, -0.2) is 23.7 Å². The van der Waals surface area contributed by atoms with Crippen LogP contribution in [0.4, 0.5) is 14.7 Å². The molecule has 33 heavy (non-hydrogen) atoms. The first-order valence-corrected chi connectivity index (χ1v) is 10.2. The number of likely N-dealkylation sites (N-methyl/N-ethyl adjacent to an activating group) is 1. The molecule has 172 valence electrons. The fourth-order valence-corrected chi connectivity index (χ4v) is 3.80. The van der Waals surface area contributed by atoms with Crippen molar-refractivity contribution in [1.29, 1.82) is 0 Å². The van der Waals surface area contributed by atoms with Crippen molar-refractivity contribution < 1.29 is 27.9 Å². The Kier molecular flexibility index (Phi) is 5.05. The summed E-state index contributed by atoms with van der Waals surface area (Å²) in [5.41, 5.74) is -0.137. The predicted molar refractivity (Wildman–Crippen MR) is 110 cm³/mol. The number of pyridine rings is 1. The van der Waals surface area contributed by atoms with E-state index in [0.29, 0.717) is 29.3 Å². The predicted octanol–water partition coefficient (Wildman–Crippen LogP) is 1.69. The van der Waals surface area contributed by atoms with Gasteiger partial charge < -0.3 is 24.6 Å². The summed E-state index contributed by atoms with van der Waals surface area (Å²) in [6.07, 6.45) is 1.64. The second-order valence-electron chi connectivity index (χ2n) is 8.06. The molecule has 3 aromatic rings. The second kappa shape index (κ2) is 7.81. The van der Waals surface area contributed by atoms with Crippen molar-refractivity contribution in [3.8, 4) is 22.8 Å². The SMILES string of the molecule is CN1CCC(O)(c2cc(-c3cccc(-c4ccnc(NC5COCC5(F)F)n4)n3)no2)C1=O. The first-order chi connectivity index (χ1) is 15.8. The third kappa shape index (κ3) is 3.80. The minimum Gasteiger partial charge on any atom is -0.373 e. The summed E-state index contributed by atoms with van der Waals surface area (Å²) in [4.78, 5) is 26.6. The maximum Gasteiger partial charge on any atom is 0.292 e. The van der Waals surface area contributed by atoms with Crippen LogP contribution in [0.5, 0.6) is 0 Å². The molecule has 0 aromatic carbocycles. The van der Waals surface area contributed by atoms with E-state index in [0.717, 1.165) is 0 Å². The van der Waals surface area contributed by atoms with E-state index >= 15 is 0 Å². The molecular formula is C21H20F2N6O4. The van der Waals surface area contributed by atoms with Crippen molar-refractivity contribution >= 4 is 11.9 Å². The van der Waals surface area contributed by atoms with Crippen LogP contribution in [0, 0.1) is 0 Å². The molecule has 5 rings (SSSR count). The third-order valence-corrected chi connectivity index (χ3v) is 5.75. The first kappa shape index (κ1) is 21.3. The minimum atomic E-state index is -3.01. The molecule has 2 aliphatic heterocycles. The average molecular weight is 458 g/mol. The van der Waals surface area contributed by atoms with Crippen LogP contribution in [0.2, 0.25) is 0 Å². The quantitative estimate of drug-likeness (QED) is 0.587. The largest absolute Gasteiger partial charge is 0.373 e. The van der Waals surface area contributed by atoms with Crippen LogP contribution in [0.1, 0.15) is 12.2 Å². The molecule has 0 bridgehead atoms. The van der Waals surface area contributed by atoms with E-state index in [1.165, 1.54) is 17.2 Å². The molecule has 3 aromatic heterocycles. The lowest BCUT2D eigenvalue weighted by atomic mass is 9.98. The molecule has 2 fully saturated rings. The fraction of sp³-hybridized carbons (Fsp3) is 0.381. The summed E-state index contributed by atoms with van der Waals surface area (Å²) in [7, 11) is 1.61. The van der Waals surface area contributed by atoms with E-state index in [1.54, 1.807) is 31.3 Å². The Balaban J connectivity index is 1.40. The fourth-order valence-electron chi connectivity index (χ4n) is 3.80. The number of carbonyl (C=O) groups excluding carboxylic acids is 1. The molecule has 1 amide bonds. The lowest BCUT2D eigenvalue weighted by molar-refractivity contribution is -0.144. The number of nitrogens with zero attached hydrogens (tertiary/aromatic N) is 5. The number of ether oxygens (including phenoxy) is 1. The summed E-state index contributed by atoms with van der Waals surface area (Å²) >= 11 is 0. The molecular weight excluding hydrogens is 438 g/mol. The van der Waals surface area contributed by atoms with Crippen LogP contribution < -0.4 is 5.32 Å². The number of hydrogen-bond acceptors (Lipinski definition) is 9. The number of carbonyl (C=O) groups is 1. The van der Waals surface area contributed by atoms with Gasteiger partial charge in [0.15, 0.2) is 5.76 Å². The molecule has 0 aliphatic carbocycles. The summed E-state index contributed by atoms with van der Waals surface area (Å²) in [5.74, 6) is -3.38. The number of likely N-dealkylation sites (tertiary alicyclic amines) is 1. The zero-order valence-electron chi connectivity index (χ0n) is 17.5. The minimum absolute atomic E-state index is 0.0321. The van der Waals surface area contributed by atoms with Gasteiger partial charge in [-0.3, -0.25) is 4.79 Å². The highest BCUT2D eigenvalue weighted by Gasteiger charge is 2.48. The van der Waals surface area contributed by atoms with Crippen molar-refractivity contribution in [1.82, 2.24) is 25.0 Å². The maximum atomic E-state index is 13.8. The highest BCUT2D eigenvalue weighted by atomic mass is 19.3. The zero-order valence-corrected chi connectivity index (χ0v) is 17.5. The number of aromatic nitrogens is 4. The molecule has 0 saturated carbocycles. The molecule has 0 spiro atoms. The van der Waals surface area contributed by atoms with Crippen molar-refractivity contribution in [2.45, 2.75) is 24.0 Å². The van der Waals surface area contributed by atoms with E-state index in [4.69, 9.17) is 9.26 Å². The standard InChI is InChI=1S/C21H20F2N6O4/c1-29-8-6-20(31,18(29)30)17-9-15(28-33-17)13-4-2-3-12(25-13)14-5-7-24-19(26-14)27-16-10-32-11-21(16,22)23/h2-5,7,9,16,31H,6,8,10-11H2,1H3,(H,24,26,27). The van der Waals surface area contributed by atoms with Gasteiger partial charge in [0, 0.05) is 32.3 Å². The maximum absolute atomic E-state index is 13.8. The summed E-state index contributed by atoms with van der Waals surface area (Å²) in [5, 5.41) is 17.3. The number of aliphatic hydroxyl groups is 1. The van der Waals surface area contributed by atoms with Gasteiger partial charge in [-0.2, -0.15) is 0 Å². The van der Waals surface area contributed by atoms with Gasteiger partial charge in [-0.15, -0.1) is 0 Å². The van der Waals surface area contributed by atoms with Crippen molar-refractivity contribution in [3.05, 3.63) is 42.3 Å². The molecule has 2 saturated heterocycles. The number of rotatable bonds is 5. The van der Waals surface area contributed by atoms with Crippen LogP contribution in [0.15, 0.2) is 41.1 Å². The highest BCUT2D eigenvalue weighted by molar-refractivity contribution is 5.87. The molecule has 2 unspecified atom stereocenters. The van der Waals surface area contributed by atoms with Gasteiger partial charge in [0.25, 0.3) is 11.8 Å². The van der Waals surface area contributed by atoms with E-state index in [-0.39, 0.29) is 24.7 Å². The van der Waals surface area contributed by atoms with Crippen LogP contribution in [-0.4, -0.2) is 74.8 Å². The Hall–Kier alpha value is -3.51. The lowest BCUT2D eigenvalue weighted by Gasteiger charge is -2.18. The van der Waals surface area contributed by atoms with Gasteiger partial charge in [-0.05, 0) is 18.2 Å². The van der Waals surface area contributed by atoms with E-state index in [2.05, 4.69) is 25.4 Å². The Morgan fingerprint density at radius 1 is 1.18 bits per heavy atom. The Morgan fingerprint density at radius 3 is 2.64 bits per heavy atom. The monoisotopic (exact) mass is 458 g/mol. The summed E-state index contributed by atoms with van der Waals surface area (Å²) in [6.45, 7) is -0.389. The van der Waals surface area contributed by atoms with E-state index in [1.807, 2.05) is 0 Å². The number of alkyl halides is 2. The lowest BCUT2D eigenvalue weighted by Crippen LogP contribution is -2.38. The second-order valence-corrected chi connectivity index (χ2v) is 8.06. The van der Waals surface area contributed by atoms with Gasteiger partial charge in [0.2, 0.25) is 11.5 Å². The normalized spacial score (nSPS) is 24.4. The average Bonchev–Trinajstić information content (AvgIpc) is 3.50. The number of amides is 1. The van der Waals surface area contributed by atoms with Crippen molar-refractivity contribution in [3.63, 3.8) is 0 Å². The molecule has 2 atom stereocenters. The van der Waals surface area contributed by atoms with Crippen LogP contribution in [-0.2, 0) is 15.1 Å². The van der Waals surface area contributed by atoms with Gasteiger partial charge >= 0.3 is 0 Å². The number of nitrogens with one attached hydrogen (secondary N) is 1. The summed E-state index contributed by atoms with van der Waals surface area (Å²) < 4.78 is 37.8. The molecule has 2 aliphatic rings. The Bertz CT molecular complexity index is 1200. The van der Waals surface area contributed by atoms with Crippen molar-refractivity contribution in [2.24, 2.45) is 0 Å².